The topological polar surface area (TPSA) is 9.23 Å². The Balaban J connectivity index is 2.07. The molecule has 0 radical (unpaired) electrons. The van der Waals surface area contributed by atoms with E-state index in [1.807, 2.05) is 24.3 Å². The van der Waals surface area contributed by atoms with Crippen molar-refractivity contribution < 1.29 is 4.74 Å². The normalized spacial score (nSPS) is 21.5. The fourth-order valence-corrected chi connectivity index (χ4v) is 1.52. The third kappa shape index (κ3) is 2.25. The first-order valence-corrected chi connectivity index (χ1v) is 4.99. The number of ether oxygens (including phenoxy) is 1. The average molecular weight is 198 g/mol. The maximum atomic E-state index is 5.51. The van der Waals surface area contributed by atoms with E-state index in [-0.39, 0.29) is 6.10 Å². The molecule has 1 heterocycles. The van der Waals surface area contributed by atoms with Crippen LogP contribution in [0.1, 0.15) is 5.56 Å². The minimum absolute atomic E-state index is 0.00212. The second-order valence-corrected chi connectivity index (χ2v) is 3.63. The number of rotatable bonds is 2. The molecule has 76 valence electrons. The van der Waals surface area contributed by atoms with E-state index >= 15 is 0 Å². The highest BCUT2D eigenvalue weighted by atomic mass is 16.5. The lowest BCUT2D eigenvalue weighted by Crippen LogP contribution is -2.01. The zero-order valence-electron chi connectivity index (χ0n) is 8.65. The van der Waals surface area contributed by atoms with Crippen LogP contribution >= 0.6 is 0 Å². The van der Waals surface area contributed by atoms with Gasteiger partial charge in [0, 0.05) is 0 Å². The smallest absolute Gasteiger partial charge is 0.101 e. The van der Waals surface area contributed by atoms with Crippen molar-refractivity contribution in [3.8, 4) is 0 Å². The minimum Gasteiger partial charge on any atom is -0.365 e. The van der Waals surface area contributed by atoms with Gasteiger partial charge in [0.1, 0.15) is 6.10 Å². The van der Waals surface area contributed by atoms with Crippen molar-refractivity contribution in [2.75, 3.05) is 6.61 Å². The van der Waals surface area contributed by atoms with E-state index in [1.165, 1.54) is 5.56 Å². The monoisotopic (exact) mass is 198 g/mol. The summed E-state index contributed by atoms with van der Waals surface area (Å²) in [6.07, 6.45) is 4.07. The van der Waals surface area contributed by atoms with Crippen LogP contribution in [-0.2, 0) is 4.74 Å². The van der Waals surface area contributed by atoms with Gasteiger partial charge in [-0.05, 0) is 16.7 Å². The number of hydrogen-bond acceptors (Lipinski definition) is 1. The summed E-state index contributed by atoms with van der Waals surface area (Å²) in [7, 11) is 0. The van der Waals surface area contributed by atoms with Crippen LogP contribution in [0.5, 0.6) is 0 Å². The summed E-state index contributed by atoms with van der Waals surface area (Å²) >= 11 is 0. The van der Waals surface area contributed by atoms with Gasteiger partial charge in [0.2, 0.25) is 0 Å². The van der Waals surface area contributed by atoms with E-state index in [4.69, 9.17) is 4.74 Å². The summed E-state index contributed by atoms with van der Waals surface area (Å²) in [5.74, 6) is 0. The van der Waals surface area contributed by atoms with Gasteiger partial charge in [-0.1, -0.05) is 55.6 Å². The van der Waals surface area contributed by atoms with Crippen LogP contribution < -0.4 is 0 Å². The highest BCUT2D eigenvalue weighted by Gasteiger charge is 2.19. The maximum Gasteiger partial charge on any atom is 0.101 e. The van der Waals surface area contributed by atoms with Crippen LogP contribution in [0.2, 0.25) is 0 Å². The zero-order valence-corrected chi connectivity index (χ0v) is 8.65. The van der Waals surface area contributed by atoms with Gasteiger partial charge in [-0.25, -0.2) is 0 Å². The molecule has 1 aromatic rings. The molecular formula is C14H14O. The van der Waals surface area contributed by atoms with E-state index in [0.29, 0.717) is 6.61 Å². The second-order valence-electron chi connectivity index (χ2n) is 3.63. The largest absolute Gasteiger partial charge is 0.365 e. The first kappa shape index (κ1) is 9.94. The zero-order chi connectivity index (χ0) is 10.7. The summed E-state index contributed by atoms with van der Waals surface area (Å²) in [6.45, 7) is 8.43. The van der Waals surface area contributed by atoms with Crippen LogP contribution in [0.4, 0.5) is 0 Å². The molecule has 0 amide bonds. The predicted molar refractivity (Wildman–Crippen MR) is 63.5 cm³/mol. The van der Waals surface area contributed by atoms with Crippen LogP contribution in [0.15, 0.2) is 60.7 Å². The van der Waals surface area contributed by atoms with E-state index in [2.05, 4.69) is 31.4 Å². The Kier molecular flexibility index (Phi) is 2.84. The summed E-state index contributed by atoms with van der Waals surface area (Å²) in [4.78, 5) is 0. The molecule has 1 atom stereocenters. The van der Waals surface area contributed by atoms with Crippen molar-refractivity contribution in [3.63, 3.8) is 0 Å². The third-order valence-corrected chi connectivity index (χ3v) is 2.50. The molecule has 2 rings (SSSR count). The van der Waals surface area contributed by atoms with Crippen molar-refractivity contribution in [1.82, 2.24) is 0 Å². The van der Waals surface area contributed by atoms with Gasteiger partial charge in [0.15, 0.2) is 0 Å². The highest BCUT2D eigenvalue weighted by Crippen LogP contribution is 2.23. The molecule has 0 spiro atoms. The van der Waals surface area contributed by atoms with Crippen LogP contribution in [0.3, 0.4) is 0 Å². The van der Waals surface area contributed by atoms with Gasteiger partial charge in [-0.2, -0.15) is 0 Å². The Bertz CT molecular complexity index is 401. The van der Waals surface area contributed by atoms with Crippen molar-refractivity contribution >= 4 is 6.08 Å². The van der Waals surface area contributed by atoms with E-state index in [9.17, 15) is 0 Å². The fraction of sp³-hybridized carbons (Fsp3) is 0.143. The molecule has 1 fully saturated rings. The lowest BCUT2D eigenvalue weighted by molar-refractivity contribution is 0.164. The first-order valence-electron chi connectivity index (χ1n) is 4.99. The lowest BCUT2D eigenvalue weighted by atomic mass is 10.1. The summed E-state index contributed by atoms with van der Waals surface area (Å²) in [5.41, 5.74) is 3.16. The summed E-state index contributed by atoms with van der Waals surface area (Å²) in [5, 5.41) is 0. The molecule has 1 unspecified atom stereocenters. The van der Waals surface area contributed by atoms with Crippen LogP contribution in [0, 0.1) is 0 Å². The highest BCUT2D eigenvalue weighted by molar-refractivity contribution is 5.52. The Morgan fingerprint density at radius 1 is 1.20 bits per heavy atom. The number of hydrogen-bond donors (Lipinski definition) is 0. The molecule has 1 aromatic carbocycles. The maximum absolute atomic E-state index is 5.51. The quantitative estimate of drug-likeness (QED) is 0.709. The van der Waals surface area contributed by atoms with Crippen LogP contribution in [-0.4, -0.2) is 12.7 Å². The van der Waals surface area contributed by atoms with Crippen molar-refractivity contribution in [1.29, 1.82) is 0 Å². The molecule has 1 aliphatic rings. The Morgan fingerprint density at radius 3 is 2.53 bits per heavy atom. The summed E-state index contributed by atoms with van der Waals surface area (Å²) < 4.78 is 5.51. The number of benzene rings is 1. The Morgan fingerprint density at radius 2 is 1.93 bits per heavy atom. The molecule has 0 saturated carbocycles. The Labute approximate surface area is 90.4 Å². The van der Waals surface area contributed by atoms with E-state index in [1.54, 1.807) is 0 Å². The second kappa shape index (κ2) is 4.28. The molecule has 0 N–H and O–H groups in total. The molecule has 1 aliphatic heterocycles. The van der Waals surface area contributed by atoms with Gasteiger partial charge >= 0.3 is 0 Å². The molecule has 0 bridgehead atoms. The van der Waals surface area contributed by atoms with Crippen molar-refractivity contribution in [2.45, 2.75) is 6.10 Å². The van der Waals surface area contributed by atoms with Gasteiger partial charge in [-0.3, -0.25) is 0 Å². The minimum atomic E-state index is -0.00212. The van der Waals surface area contributed by atoms with Gasteiger partial charge < -0.3 is 4.74 Å². The third-order valence-electron chi connectivity index (χ3n) is 2.50. The molecule has 1 heteroatoms. The first-order chi connectivity index (χ1) is 7.27. The summed E-state index contributed by atoms with van der Waals surface area (Å²) in [6, 6.07) is 10.2. The van der Waals surface area contributed by atoms with Crippen molar-refractivity contribution in [2.24, 2.45) is 0 Å². The Hall–Kier alpha value is -1.60. The molecule has 1 nitrogen and oxygen atoms in total. The molecular weight excluding hydrogens is 184 g/mol. The SMILES string of the molecule is C=C1COC(/C=C/c2ccccc2)C1=C. The average Bonchev–Trinajstić information content (AvgIpc) is 2.59. The van der Waals surface area contributed by atoms with Gasteiger partial charge in [-0.15, -0.1) is 0 Å². The van der Waals surface area contributed by atoms with E-state index < -0.39 is 0 Å². The lowest BCUT2D eigenvalue weighted by Gasteiger charge is -2.03. The molecule has 0 aliphatic carbocycles. The van der Waals surface area contributed by atoms with Crippen molar-refractivity contribution in [3.05, 3.63) is 66.3 Å². The molecule has 0 aromatic heterocycles. The fourth-order valence-electron chi connectivity index (χ4n) is 1.52. The van der Waals surface area contributed by atoms with Crippen LogP contribution in [0.25, 0.3) is 6.08 Å². The predicted octanol–water partition coefficient (Wildman–Crippen LogP) is 3.21. The molecule has 1 saturated heterocycles. The van der Waals surface area contributed by atoms with E-state index in [0.717, 1.165) is 11.1 Å². The van der Waals surface area contributed by atoms with Gasteiger partial charge in [0.25, 0.3) is 0 Å². The standard InChI is InChI=1S/C14H14O/c1-11-10-15-14(12(11)2)9-8-13-6-4-3-5-7-13/h3-9,14H,1-2,10H2/b9-8+. The van der Waals surface area contributed by atoms with Gasteiger partial charge in [0.05, 0.1) is 6.61 Å². The molecule has 15 heavy (non-hydrogen) atoms.